The Morgan fingerprint density at radius 1 is 1.28 bits per heavy atom. The van der Waals surface area contributed by atoms with Gasteiger partial charge in [0.25, 0.3) is 0 Å². The van der Waals surface area contributed by atoms with E-state index in [0.29, 0.717) is 12.5 Å². The molecule has 0 spiro atoms. The number of sulfonamides is 1. The number of aliphatic imine (C=N–C) groups is 1. The highest BCUT2D eigenvalue weighted by molar-refractivity contribution is 14.0. The molecule has 2 aromatic rings. The van der Waals surface area contributed by atoms with Crippen LogP contribution in [0.2, 0.25) is 5.02 Å². The lowest BCUT2D eigenvalue weighted by molar-refractivity contribution is 0.597. The van der Waals surface area contributed by atoms with Crippen LogP contribution in [0.3, 0.4) is 0 Å². The number of benzene rings is 2. The monoisotopic (exact) mass is 549 g/mol. The molecule has 4 N–H and O–H groups in total. The van der Waals surface area contributed by atoms with E-state index in [0.717, 1.165) is 35.8 Å². The van der Waals surface area contributed by atoms with E-state index in [1.54, 1.807) is 19.2 Å². The van der Waals surface area contributed by atoms with Crippen LogP contribution in [0.15, 0.2) is 58.4 Å². The summed E-state index contributed by atoms with van der Waals surface area (Å²) < 4.78 is 22.6. The van der Waals surface area contributed by atoms with Crippen molar-refractivity contribution in [1.29, 1.82) is 0 Å². The van der Waals surface area contributed by atoms with Crippen LogP contribution in [-0.2, 0) is 16.6 Å². The van der Waals surface area contributed by atoms with E-state index in [4.69, 9.17) is 16.7 Å². The van der Waals surface area contributed by atoms with Crippen LogP contribution >= 0.6 is 35.6 Å². The molecule has 1 saturated heterocycles. The average molecular weight is 550 g/mol. The summed E-state index contributed by atoms with van der Waals surface area (Å²) in [5.41, 5.74) is 2.05. The van der Waals surface area contributed by atoms with Crippen molar-refractivity contribution >= 4 is 57.2 Å². The molecule has 29 heavy (non-hydrogen) atoms. The molecule has 2 aromatic carbocycles. The van der Waals surface area contributed by atoms with E-state index in [-0.39, 0.29) is 34.9 Å². The van der Waals surface area contributed by atoms with Crippen molar-refractivity contribution in [2.75, 3.05) is 25.0 Å². The normalized spacial score (nSPS) is 17.0. The number of rotatable bonds is 5. The van der Waals surface area contributed by atoms with Crippen LogP contribution in [-0.4, -0.2) is 40.6 Å². The topological polar surface area (TPSA) is 99.8 Å². The van der Waals surface area contributed by atoms with Crippen molar-refractivity contribution in [2.45, 2.75) is 23.9 Å². The molecule has 0 aliphatic carbocycles. The maximum atomic E-state index is 11.3. The van der Waals surface area contributed by atoms with Crippen LogP contribution in [0.5, 0.6) is 0 Å². The number of hydrogen-bond donors (Lipinski definition) is 3. The van der Waals surface area contributed by atoms with Crippen molar-refractivity contribution in [1.82, 2.24) is 10.6 Å². The molecule has 0 aromatic heterocycles. The molecule has 7 nitrogen and oxygen atoms in total. The molecule has 10 heteroatoms. The van der Waals surface area contributed by atoms with Crippen molar-refractivity contribution in [3.05, 3.63) is 59.1 Å². The van der Waals surface area contributed by atoms with Crippen molar-refractivity contribution < 1.29 is 8.42 Å². The summed E-state index contributed by atoms with van der Waals surface area (Å²) in [4.78, 5) is 6.67. The highest BCUT2D eigenvalue weighted by atomic mass is 127. The van der Waals surface area contributed by atoms with Gasteiger partial charge in [-0.1, -0.05) is 29.8 Å². The molecule has 0 amide bonds. The smallest absolute Gasteiger partial charge is 0.238 e. The zero-order valence-electron chi connectivity index (χ0n) is 16.0. The maximum Gasteiger partial charge on any atom is 0.238 e. The lowest BCUT2D eigenvalue weighted by Gasteiger charge is -2.20. The van der Waals surface area contributed by atoms with Gasteiger partial charge in [0.2, 0.25) is 10.0 Å². The molecular weight excluding hydrogens is 525 g/mol. The highest BCUT2D eigenvalue weighted by Gasteiger charge is 2.23. The number of hydrogen-bond acceptors (Lipinski definition) is 4. The number of guanidine groups is 1. The third-order valence-electron chi connectivity index (χ3n) is 4.64. The van der Waals surface area contributed by atoms with Gasteiger partial charge in [0.05, 0.1) is 4.90 Å². The van der Waals surface area contributed by atoms with Gasteiger partial charge in [-0.05, 0) is 42.3 Å². The minimum Gasteiger partial charge on any atom is -0.369 e. The molecule has 0 bridgehead atoms. The number of nitrogens with zero attached hydrogens (tertiary/aromatic N) is 2. The molecule has 1 aliphatic heterocycles. The van der Waals surface area contributed by atoms with E-state index < -0.39 is 10.0 Å². The van der Waals surface area contributed by atoms with Gasteiger partial charge in [0, 0.05) is 43.4 Å². The Kier molecular flexibility index (Phi) is 8.56. The number of nitrogens with two attached hydrogens (primary N) is 1. The summed E-state index contributed by atoms with van der Waals surface area (Å²) in [5, 5.41) is 12.5. The highest BCUT2D eigenvalue weighted by Crippen LogP contribution is 2.23. The fourth-order valence-electron chi connectivity index (χ4n) is 3.16. The van der Waals surface area contributed by atoms with Crippen molar-refractivity contribution in [3.8, 4) is 0 Å². The summed E-state index contributed by atoms with van der Waals surface area (Å²) in [5.74, 6) is 0.702. The van der Waals surface area contributed by atoms with Crippen LogP contribution in [0.4, 0.5) is 5.69 Å². The van der Waals surface area contributed by atoms with Gasteiger partial charge in [-0.15, -0.1) is 24.0 Å². The van der Waals surface area contributed by atoms with E-state index in [2.05, 4.69) is 26.6 Å². The van der Waals surface area contributed by atoms with Crippen LogP contribution < -0.4 is 20.7 Å². The molecule has 0 radical (unpaired) electrons. The fourth-order valence-corrected chi connectivity index (χ4v) is 3.86. The van der Waals surface area contributed by atoms with E-state index in [1.165, 1.54) is 12.1 Å². The zero-order chi connectivity index (χ0) is 20.1. The van der Waals surface area contributed by atoms with Gasteiger partial charge in [-0.25, -0.2) is 13.6 Å². The van der Waals surface area contributed by atoms with Gasteiger partial charge >= 0.3 is 0 Å². The van der Waals surface area contributed by atoms with E-state index in [1.807, 2.05) is 18.2 Å². The summed E-state index contributed by atoms with van der Waals surface area (Å²) in [7, 11) is -1.95. The Balaban J connectivity index is 0.00000300. The first-order chi connectivity index (χ1) is 13.3. The standard InChI is InChI=1S/C19H24ClN5O2S.HI/c1-22-19(23-12-14-5-7-18(8-6-14)28(21,26)27)24-16-9-10-25(13-16)17-4-2-3-15(20)11-17;/h2-8,11,16H,9-10,12-13H2,1H3,(H2,21,26,27)(H2,22,23,24);1H. The molecule has 0 saturated carbocycles. The Bertz CT molecular complexity index is 953. The van der Waals surface area contributed by atoms with E-state index in [9.17, 15) is 8.42 Å². The SMILES string of the molecule is CN=C(NCc1ccc(S(N)(=O)=O)cc1)NC1CCN(c2cccc(Cl)c2)C1.I. The third kappa shape index (κ3) is 6.73. The first-order valence-electron chi connectivity index (χ1n) is 8.94. The predicted octanol–water partition coefficient (Wildman–Crippen LogP) is 2.55. The lowest BCUT2D eigenvalue weighted by Crippen LogP contribution is -2.44. The van der Waals surface area contributed by atoms with Gasteiger partial charge in [-0.3, -0.25) is 4.99 Å². The minimum absolute atomic E-state index is 0. The maximum absolute atomic E-state index is 11.3. The Hall–Kier alpha value is -1.56. The third-order valence-corrected chi connectivity index (χ3v) is 5.80. The van der Waals surface area contributed by atoms with Crippen molar-refractivity contribution in [2.24, 2.45) is 10.1 Å². The van der Waals surface area contributed by atoms with Gasteiger partial charge in [-0.2, -0.15) is 0 Å². The van der Waals surface area contributed by atoms with Crippen LogP contribution in [0, 0.1) is 0 Å². The Labute approximate surface area is 193 Å². The van der Waals surface area contributed by atoms with E-state index >= 15 is 0 Å². The Morgan fingerprint density at radius 3 is 2.62 bits per heavy atom. The molecular formula is C19H25ClIN5O2S. The second kappa shape index (κ2) is 10.5. The molecule has 1 unspecified atom stereocenters. The first-order valence-corrected chi connectivity index (χ1v) is 10.9. The molecule has 1 aliphatic rings. The number of nitrogens with one attached hydrogen (secondary N) is 2. The van der Waals surface area contributed by atoms with Crippen LogP contribution in [0.25, 0.3) is 0 Å². The number of primary sulfonamides is 1. The fraction of sp³-hybridized carbons (Fsp3) is 0.316. The molecule has 158 valence electrons. The van der Waals surface area contributed by atoms with Crippen molar-refractivity contribution in [3.63, 3.8) is 0 Å². The second-order valence-corrected chi connectivity index (χ2v) is 8.67. The molecule has 3 rings (SSSR count). The Morgan fingerprint density at radius 2 is 2.00 bits per heavy atom. The largest absolute Gasteiger partial charge is 0.369 e. The molecule has 1 heterocycles. The van der Waals surface area contributed by atoms with Gasteiger partial charge < -0.3 is 15.5 Å². The summed E-state index contributed by atoms with van der Waals surface area (Å²) in [6.45, 7) is 2.34. The minimum atomic E-state index is -3.67. The lowest BCUT2D eigenvalue weighted by atomic mass is 10.2. The quantitative estimate of drug-likeness (QED) is 0.302. The summed E-state index contributed by atoms with van der Waals surface area (Å²) in [6.07, 6.45) is 0.996. The summed E-state index contributed by atoms with van der Waals surface area (Å²) >= 11 is 6.09. The predicted molar refractivity (Wildman–Crippen MR) is 129 cm³/mol. The molecule has 1 atom stereocenters. The number of anilines is 1. The number of halogens is 2. The average Bonchev–Trinajstić information content (AvgIpc) is 3.13. The summed E-state index contributed by atoms with van der Waals surface area (Å²) in [6, 6.07) is 14.6. The van der Waals surface area contributed by atoms with Gasteiger partial charge in [0.1, 0.15) is 0 Å². The van der Waals surface area contributed by atoms with Crippen LogP contribution in [0.1, 0.15) is 12.0 Å². The zero-order valence-corrected chi connectivity index (χ0v) is 19.9. The second-order valence-electron chi connectivity index (χ2n) is 6.67. The molecule has 1 fully saturated rings. The first kappa shape index (κ1) is 23.7. The van der Waals surface area contributed by atoms with Gasteiger partial charge in [0.15, 0.2) is 5.96 Å².